The second-order valence-electron chi connectivity index (χ2n) is 7.50. The molecule has 1 aliphatic rings. The van der Waals surface area contributed by atoms with Gasteiger partial charge in [0.05, 0.1) is 37.2 Å². The summed E-state index contributed by atoms with van der Waals surface area (Å²) in [7, 11) is 3.07. The molecule has 3 aromatic heterocycles. The molecule has 0 unspecified atom stereocenters. The number of fused-ring (bicyclic) bond motifs is 1. The molecular formula is C23H21ClN8O3. The van der Waals surface area contributed by atoms with E-state index >= 15 is 0 Å². The minimum Gasteiger partial charge on any atom is -0.493 e. The molecule has 0 saturated carbocycles. The van der Waals surface area contributed by atoms with Crippen molar-refractivity contribution in [2.45, 2.75) is 6.54 Å². The highest BCUT2D eigenvalue weighted by atomic mass is 35.5. The van der Waals surface area contributed by atoms with Crippen molar-refractivity contribution < 1.29 is 14.3 Å². The van der Waals surface area contributed by atoms with E-state index in [2.05, 4.69) is 30.9 Å². The van der Waals surface area contributed by atoms with Crippen LogP contribution < -0.4 is 25.4 Å². The van der Waals surface area contributed by atoms with Crippen LogP contribution in [0.5, 0.6) is 11.6 Å². The summed E-state index contributed by atoms with van der Waals surface area (Å²) in [6.45, 7) is 1.03. The second-order valence-corrected chi connectivity index (χ2v) is 7.90. The van der Waals surface area contributed by atoms with E-state index in [0.29, 0.717) is 64.1 Å². The zero-order valence-electron chi connectivity index (χ0n) is 18.9. The van der Waals surface area contributed by atoms with Crippen LogP contribution in [0, 0.1) is 0 Å². The maximum Gasteiger partial charge on any atom is 0.271 e. The van der Waals surface area contributed by atoms with Gasteiger partial charge in [-0.25, -0.2) is 15.0 Å². The summed E-state index contributed by atoms with van der Waals surface area (Å²) in [5.74, 6) is 1.72. The zero-order valence-corrected chi connectivity index (χ0v) is 19.6. The Balaban J connectivity index is 1.57. The largest absolute Gasteiger partial charge is 0.493 e. The summed E-state index contributed by atoms with van der Waals surface area (Å²) in [5, 5.41) is 14.5. The van der Waals surface area contributed by atoms with Gasteiger partial charge in [0.15, 0.2) is 5.75 Å². The minimum absolute atomic E-state index is 0.223. The minimum atomic E-state index is -0.223. The fourth-order valence-corrected chi connectivity index (χ4v) is 4.03. The summed E-state index contributed by atoms with van der Waals surface area (Å²) in [4.78, 5) is 25.4. The van der Waals surface area contributed by atoms with Crippen LogP contribution in [0.25, 0.3) is 11.3 Å². The van der Waals surface area contributed by atoms with Crippen molar-refractivity contribution in [1.29, 1.82) is 0 Å². The molecule has 35 heavy (non-hydrogen) atoms. The summed E-state index contributed by atoms with van der Waals surface area (Å²) >= 11 is 6.32. The molecule has 0 atom stereocenters. The lowest BCUT2D eigenvalue weighted by Gasteiger charge is -2.17. The number of aromatic nitrogens is 5. The highest BCUT2D eigenvalue weighted by molar-refractivity contribution is 6.32. The molecule has 4 heterocycles. The third-order valence-electron chi connectivity index (χ3n) is 5.35. The average Bonchev–Trinajstić information content (AvgIpc) is 3.24. The number of methoxy groups -OCH3 is 2. The Morgan fingerprint density at radius 3 is 2.74 bits per heavy atom. The van der Waals surface area contributed by atoms with E-state index in [1.54, 1.807) is 29.1 Å². The number of anilines is 4. The van der Waals surface area contributed by atoms with Crippen LogP contribution in [0.1, 0.15) is 10.5 Å². The Kier molecular flexibility index (Phi) is 6.06. The topological polar surface area (TPSA) is 128 Å². The molecule has 0 spiro atoms. The third kappa shape index (κ3) is 4.41. The maximum atomic E-state index is 12.8. The molecule has 12 heteroatoms. The van der Waals surface area contributed by atoms with Gasteiger partial charge < -0.3 is 25.4 Å². The predicted octanol–water partition coefficient (Wildman–Crippen LogP) is 3.64. The van der Waals surface area contributed by atoms with Crippen molar-refractivity contribution in [1.82, 2.24) is 30.0 Å². The molecule has 1 aliphatic heterocycles. The third-order valence-corrected chi connectivity index (χ3v) is 5.65. The number of nitrogens with zero attached hydrogens (tertiary/aromatic N) is 5. The Bertz CT molecular complexity index is 1410. The molecule has 0 saturated heterocycles. The van der Waals surface area contributed by atoms with E-state index in [9.17, 15) is 4.79 Å². The van der Waals surface area contributed by atoms with Crippen molar-refractivity contribution in [3.63, 3.8) is 0 Å². The van der Waals surface area contributed by atoms with E-state index in [1.165, 1.54) is 20.5 Å². The molecular weight excluding hydrogens is 472 g/mol. The van der Waals surface area contributed by atoms with Crippen LogP contribution in [0.3, 0.4) is 0 Å². The number of para-hydroxylation sites is 1. The molecule has 5 rings (SSSR count). The number of carbonyl (C=O) groups excluding carboxylic acids is 1. The first kappa shape index (κ1) is 22.4. The fourth-order valence-electron chi connectivity index (χ4n) is 3.78. The zero-order chi connectivity index (χ0) is 24.4. The Labute approximate surface area is 205 Å². The first-order valence-corrected chi connectivity index (χ1v) is 11.0. The number of benzene rings is 1. The normalized spacial score (nSPS) is 12.5. The lowest BCUT2D eigenvalue weighted by Crippen LogP contribution is -2.35. The molecule has 0 fully saturated rings. The van der Waals surface area contributed by atoms with Gasteiger partial charge in [-0.15, -0.1) is 0 Å². The lowest BCUT2D eigenvalue weighted by molar-refractivity contribution is 0.0925. The lowest BCUT2D eigenvalue weighted by atomic mass is 10.1. The van der Waals surface area contributed by atoms with Gasteiger partial charge in [0.1, 0.15) is 29.4 Å². The Hall–Kier alpha value is -4.38. The first-order chi connectivity index (χ1) is 17.1. The monoisotopic (exact) mass is 492 g/mol. The van der Waals surface area contributed by atoms with Crippen LogP contribution in [-0.2, 0) is 6.54 Å². The van der Waals surface area contributed by atoms with Gasteiger partial charge in [0, 0.05) is 24.4 Å². The van der Waals surface area contributed by atoms with Gasteiger partial charge in [-0.2, -0.15) is 5.10 Å². The van der Waals surface area contributed by atoms with Gasteiger partial charge in [-0.1, -0.05) is 17.7 Å². The number of hydrogen-bond acceptors (Lipinski definition) is 9. The van der Waals surface area contributed by atoms with Gasteiger partial charge in [0.25, 0.3) is 5.91 Å². The number of hydrogen-bond donors (Lipinski definition) is 3. The predicted molar refractivity (Wildman–Crippen MR) is 131 cm³/mol. The van der Waals surface area contributed by atoms with Gasteiger partial charge in [0.2, 0.25) is 5.88 Å². The molecule has 178 valence electrons. The Morgan fingerprint density at radius 1 is 1.06 bits per heavy atom. The number of nitrogens with one attached hydrogen (secondary N) is 3. The van der Waals surface area contributed by atoms with E-state index < -0.39 is 0 Å². The van der Waals surface area contributed by atoms with Gasteiger partial charge >= 0.3 is 0 Å². The molecule has 3 N–H and O–H groups in total. The number of rotatable bonds is 7. The van der Waals surface area contributed by atoms with Crippen molar-refractivity contribution in [2.24, 2.45) is 0 Å². The van der Waals surface area contributed by atoms with Crippen LogP contribution >= 0.6 is 11.6 Å². The number of pyridine rings is 1. The van der Waals surface area contributed by atoms with E-state index in [1.807, 2.05) is 18.2 Å². The summed E-state index contributed by atoms with van der Waals surface area (Å²) in [5.41, 5.74) is 2.87. The van der Waals surface area contributed by atoms with Crippen molar-refractivity contribution in [2.75, 3.05) is 31.4 Å². The summed E-state index contributed by atoms with van der Waals surface area (Å²) < 4.78 is 12.3. The van der Waals surface area contributed by atoms with Gasteiger partial charge in [-0.05, 0) is 24.3 Å². The number of ether oxygens (including phenoxy) is 2. The van der Waals surface area contributed by atoms with E-state index in [0.717, 1.165) is 5.56 Å². The van der Waals surface area contributed by atoms with E-state index in [4.69, 9.17) is 26.2 Å². The number of halogens is 1. The molecule has 0 aliphatic carbocycles. The van der Waals surface area contributed by atoms with Crippen LogP contribution in [0.4, 0.5) is 23.0 Å². The van der Waals surface area contributed by atoms with E-state index in [-0.39, 0.29) is 5.91 Å². The fraction of sp³-hybridized carbons (Fsp3) is 0.174. The molecule has 0 radical (unpaired) electrons. The smallest absolute Gasteiger partial charge is 0.271 e. The Morgan fingerprint density at radius 2 is 1.91 bits per heavy atom. The standard InChI is InChI=1S/C23H21ClN8O3/c1-34-18-11-17(27-12-28-18)30-16-10-13(6-7-25-16)19-20(21-23(33)26-8-9-32(21)31-19)29-15-5-3-4-14(24)22(15)35-2/h3-7,10-12,29H,8-9H2,1-2H3,(H,26,33)(H,25,27,28,30). The highest BCUT2D eigenvalue weighted by Crippen LogP contribution is 2.39. The second kappa shape index (κ2) is 9.47. The van der Waals surface area contributed by atoms with Crippen molar-refractivity contribution in [3.05, 3.63) is 59.6 Å². The summed E-state index contributed by atoms with van der Waals surface area (Å²) in [6.07, 6.45) is 3.05. The highest BCUT2D eigenvalue weighted by Gasteiger charge is 2.28. The molecule has 0 bridgehead atoms. The molecule has 1 aromatic carbocycles. The quantitative estimate of drug-likeness (QED) is 0.354. The first-order valence-electron chi connectivity index (χ1n) is 10.7. The van der Waals surface area contributed by atoms with Crippen LogP contribution in [0.15, 0.2) is 48.9 Å². The van der Waals surface area contributed by atoms with Crippen molar-refractivity contribution in [3.8, 4) is 22.9 Å². The summed E-state index contributed by atoms with van der Waals surface area (Å²) in [6, 6.07) is 10.6. The maximum absolute atomic E-state index is 12.8. The van der Waals surface area contributed by atoms with Crippen molar-refractivity contribution >= 4 is 40.5 Å². The SMILES string of the molecule is COc1cc(Nc2cc(-c3nn4c(c3Nc3cccc(Cl)c3OC)C(=O)NCC4)ccn2)ncn1. The average molecular weight is 493 g/mol. The van der Waals surface area contributed by atoms with Crippen LogP contribution in [0.2, 0.25) is 5.02 Å². The van der Waals surface area contributed by atoms with Crippen LogP contribution in [-0.4, -0.2) is 51.4 Å². The number of carbonyl (C=O) groups is 1. The molecule has 1 amide bonds. The van der Waals surface area contributed by atoms with Gasteiger partial charge in [-0.3, -0.25) is 9.48 Å². The molecule has 11 nitrogen and oxygen atoms in total. The molecule has 4 aromatic rings. The number of amides is 1.